The Hall–Kier alpha value is -1.06. The molecule has 1 aromatic rings. The molecule has 2 aliphatic heterocycles. The van der Waals surface area contributed by atoms with Crippen molar-refractivity contribution in [3.05, 3.63) is 29.8 Å². The number of piperidine rings is 1. The minimum atomic E-state index is 0. The molecule has 2 fully saturated rings. The zero-order valence-electron chi connectivity index (χ0n) is 17.5. The molecule has 0 saturated carbocycles. The van der Waals surface area contributed by atoms with Gasteiger partial charge < -0.3 is 24.8 Å². The summed E-state index contributed by atoms with van der Waals surface area (Å²) in [6, 6.07) is 7.41. The van der Waals surface area contributed by atoms with Crippen LogP contribution in [0.25, 0.3) is 0 Å². The Labute approximate surface area is 192 Å². The summed E-state index contributed by atoms with van der Waals surface area (Å²) in [6.45, 7) is 7.23. The van der Waals surface area contributed by atoms with Crippen LogP contribution in [0.2, 0.25) is 0 Å². The van der Waals surface area contributed by atoms with Gasteiger partial charge in [-0.15, -0.1) is 24.0 Å². The van der Waals surface area contributed by atoms with Crippen LogP contribution in [-0.4, -0.2) is 67.6 Å². The highest BCUT2D eigenvalue weighted by molar-refractivity contribution is 14.0. The van der Waals surface area contributed by atoms with E-state index in [1.807, 2.05) is 12.1 Å². The first-order chi connectivity index (χ1) is 13.7. The summed E-state index contributed by atoms with van der Waals surface area (Å²) in [5, 5.41) is 13.0. The third-order valence-electron chi connectivity index (χ3n) is 5.44. The Morgan fingerprint density at radius 3 is 2.79 bits per heavy atom. The molecule has 29 heavy (non-hydrogen) atoms. The van der Waals surface area contributed by atoms with Gasteiger partial charge in [-0.1, -0.05) is 12.1 Å². The summed E-state index contributed by atoms with van der Waals surface area (Å²) in [6.07, 6.45) is 7.09. The zero-order valence-corrected chi connectivity index (χ0v) is 19.8. The van der Waals surface area contributed by atoms with Gasteiger partial charge in [0.15, 0.2) is 5.96 Å². The summed E-state index contributed by atoms with van der Waals surface area (Å²) in [7, 11) is 0. The molecule has 1 aromatic carbocycles. The van der Waals surface area contributed by atoms with Crippen molar-refractivity contribution in [3.63, 3.8) is 0 Å². The van der Waals surface area contributed by atoms with Gasteiger partial charge in [0.05, 0.1) is 18.8 Å². The number of hydrogen-bond donors (Lipinski definition) is 2. The first-order valence-electron chi connectivity index (χ1n) is 10.8. The lowest BCUT2D eigenvalue weighted by Crippen LogP contribution is -2.47. The lowest BCUT2D eigenvalue weighted by Gasteiger charge is -2.35. The molecular weight excluding hydrogens is 481 g/mol. The van der Waals surface area contributed by atoms with Crippen LogP contribution in [0.4, 0.5) is 0 Å². The summed E-state index contributed by atoms with van der Waals surface area (Å²) < 4.78 is 11.9. The Balaban J connectivity index is 0.00000300. The van der Waals surface area contributed by atoms with Crippen LogP contribution >= 0.6 is 24.0 Å². The van der Waals surface area contributed by atoms with Crippen LogP contribution in [0.3, 0.4) is 0 Å². The molecular formula is C22H36IN3O3. The molecule has 0 bridgehead atoms. The summed E-state index contributed by atoms with van der Waals surface area (Å²) in [5.41, 5.74) is 1.11. The van der Waals surface area contributed by atoms with E-state index in [-0.39, 0.29) is 24.0 Å². The topological polar surface area (TPSA) is 66.3 Å². The summed E-state index contributed by atoms with van der Waals surface area (Å²) in [5.74, 6) is 1.30. The molecule has 7 heteroatoms. The van der Waals surface area contributed by atoms with E-state index in [0.29, 0.717) is 24.5 Å². The predicted molar refractivity (Wildman–Crippen MR) is 127 cm³/mol. The number of likely N-dealkylation sites (tertiary alicyclic amines) is 1. The first-order valence-corrected chi connectivity index (χ1v) is 10.8. The van der Waals surface area contributed by atoms with E-state index in [9.17, 15) is 5.11 Å². The fourth-order valence-electron chi connectivity index (χ4n) is 3.85. The number of aromatic hydroxyl groups is 1. The van der Waals surface area contributed by atoms with Gasteiger partial charge in [-0.2, -0.15) is 0 Å². The standard InChI is InChI=1S/C22H35N3O3.HI/c1-2-23-22(24-12-9-18-6-5-7-19(26)16-18)25-13-10-20(11-14-25)28-17-21-8-3-4-15-27-21;/h5-7,16,20-21,26H,2-4,8-15,17H2,1H3,(H,23,24);1H. The molecule has 2 saturated heterocycles. The molecule has 164 valence electrons. The molecule has 0 spiro atoms. The van der Waals surface area contributed by atoms with E-state index in [0.717, 1.165) is 70.1 Å². The van der Waals surface area contributed by atoms with E-state index < -0.39 is 0 Å². The lowest BCUT2D eigenvalue weighted by atomic mass is 10.1. The minimum Gasteiger partial charge on any atom is -0.508 e. The monoisotopic (exact) mass is 517 g/mol. The van der Waals surface area contributed by atoms with Crippen molar-refractivity contribution in [2.75, 3.05) is 39.4 Å². The van der Waals surface area contributed by atoms with Crippen LogP contribution in [0.1, 0.15) is 44.6 Å². The molecule has 1 unspecified atom stereocenters. The number of phenolic OH excluding ortho intramolecular Hbond substituents is 1. The van der Waals surface area contributed by atoms with Crippen LogP contribution in [0.5, 0.6) is 5.75 Å². The van der Waals surface area contributed by atoms with Crippen molar-refractivity contribution in [3.8, 4) is 5.75 Å². The molecule has 0 amide bonds. The van der Waals surface area contributed by atoms with Crippen molar-refractivity contribution >= 4 is 29.9 Å². The number of nitrogens with zero attached hydrogens (tertiary/aromatic N) is 2. The Kier molecular flexibility index (Phi) is 11.1. The Morgan fingerprint density at radius 2 is 2.10 bits per heavy atom. The largest absolute Gasteiger partial charge is 0.508 e. The third-order valence-corrected chi connectivity index (χ3v) is 5.44. The van der Waals surface area contributed by atoms with Gasteiger partial charge in [0.1, 0.15) is 5.75 Å². The van der Waals surface area contributed by atoms with Gasteiger partial charge in [0.2, 0.25) is 0 Å². The average Bonchev–Trinajstić information content (AvgIpc) is 2.73. The Bertz CT molecular complexity index is 615. The number of nitrogens with one attached hydrogen (secondary N) is 1. The number of ether oxygens (including phenoxy) is 2. The molecule has 2 aliphatic rings. The summed E-state index contributed by atoms with van der Waals surface area (Å²) >= 11 is 0. The predicted octanol–water partition coefficient (Wildman–Crippen LogP) is 3.57. The Morgan fingerprint density at radius 1 is 1.28 bits per heavy atom. The fourth-order valence-corrected chi connectivity index (χ4v) is 3.85. The SMILES string of the molecule is CCNC(=NCCc1cccc(O)c1)N1CCC(OCC2CCCCO2)CC1.I. The fraction of sp³-hybridized carbons (Fsp3) is 0.682. The van der Waals surface area contributed by atoms with E-state index in [1.54, 1.807) is 12.1 Å². The van der Waals surface area contributed by atoms with Crippen LogP contribution in [0.15, 0.2) is 29.3 Å². The van der Waals surface area contributed by atoms with Gasteiger partial charge in [-0.3, -0.25) is 4.99 Å². The number of benzene rings is 1. The second-order valence-electron chi connectivity index (χ2n) is 7.66. The average molecular weight is 517 g/mol. The van der Waals surface area contributed by atoms with Crippen molar-refractivity contribution in [1.29, 1.82) is 0 Å². The van der Waals surface area contributed by atoms with E-state index >= 15 is 0 Å². The normalized spacial score (nSPS) is 20.9. The van der Waals surface area contributed by atoms with Crippen molar-refractivity contribution in [1.82, 2.24) is 10.2 Å². The number of aliphatic imine (C=N–C) groups is 1. The van der Waals surface area contributed by atoms with Crippen molar-refractivity contribution in [2.45, 2.75) is 57.7 Å². The van der Waals surface area contributed by atoms with Gasteiger partial charge in [0, 0.05) is 32.8 Å². The summed E-state index contributed by atoms with van der Waals surface area (Å²) in [4.78, 5) is 7.13. The molecule has 0 aliphatic carbocycles. The number of rotatable bonds is 7. The van der Waals surface area contributed by atoms with E-state index in [1.165, 1.54) is 12.8 Å². The number of halogens is 1. The van der Waals surface area contributed by atoms with Crippen LogP contribution in [0, 0.1) is 0 Å². The number of hydrogen-bond acceptors (Lipinski definition) is 4. The zero-order chi connectivity index (χ0) is 19.6. The maximum atomic E-state index is 9.59. The quantitative estimate of drug-likeness (QED) is 0.329. The van der Waals surface area contributed by atoms with E-state index in [2.05, 4.69) is 17.1 Å². The molecule has 0 aromatic heterocycles. The molecule has 3 rings (SSSR count). The smallest absolute Gasteiger partial charge is 0.193 e. The molecule has 1 atom stereocenters. The third kappa shape index (κ3) is 8.30. The maximum Gasteiger partial charge on any atom is 0.193 e. The second-order valence-corrected chi connectivity index (χ2v) is 7.66. The maximum absolute atomic E-state index is 9.59. The van der Waals surface area contributed by atoms with Crippen molar-refractivity contribution < 1.29 is 14.6 Å². The second kappa shape index (κ2) is 13.3. The highest BCUT2D eigenvalue weighted by atomic mass is 127. The molecule has 6 nitrogen and oxygen atoms in total. The van der Waals surface area contributed by atoms with Crippen LogP contribution in [-0.2, 0) is 15.9 Å². The molecule has 0 radical (unpaired) electrons. The highest BCUT2D eigenvalue weighted by Crippen LogP contribution is 2.18. The van der Waals surface area contributed by atoms with Crippen LogP contribution < -0.4 is 5.32 Å². The highest BCUT2D eigenvalue weighted by Gasteiger charge is 2.23. The van der Waals surface area contributed by atoms with Gasteiger partial charge in [-0.05, 0) is 63.1 Å². The first kappa shape index (κ1) is 24.2. The van der Waals surface area contributed by atoms with Crippen molar-refractivity contribution in [2.24, 2.45) is 4.99 Å². The van der Waals surface area contributed by atoms with Gasteiger partial charge in [-0.25, -0.2) is 0 Å². The van der Waals surface area contributed by atoms with Gasteiger partial charge >= 0.3 is 0 Å². The van der Waals surface area contributed by atoms with E-state index in [4.69, 9.17) is 14.5 Å². The lowest BCUT2D eigenvalue weighted by molar-refractivity contribution is -0.0721. The number of phenols is 1. The molecule has 2 heterocycles. The van der Waals surface area contributed by atoms with Gasteiger partial charge in [0.25, 0.3) is 0 Å². The minimum absolute atomic E-state index is 0. The molecule has 2 N–H and O–H groups in total. The number of guanidine groups is 1.